The monoisotopic (exact) mass is 327 g/mol. The Balaban J connectivity index is 2.47. The molecule has 0 aromatic heterocycles. The van der Waals surface area contributed by atoms with Crippen LogP contribution < -0.4 is 5.73 Å². The second-order valence-electron chi connectivity index (χ2n) is 4.18. The zero-order valence-electron chi connectivity index (χ0n) is 9.75. The maximum Gasteiger partial charge on any atom is 0.142 e. The Kier molecular flexibility index (Phi) is 4.05. The molecule has 2 N–H and O–H groups in total. The average Bonchev–Trinajstić information content (AvgIpc) is 2.30. The van der Waals surface area contributed by atoms with Crippen molar-refractivity contribution in [3.05, 3.63) is 68.4 Å². The van der Waals surface area contributed by atoms with Crippen LogP contribution in [0.1, 0.15) is 22.7 Å². The predicted octanol–water partition coefficient (Wildman–Crippen LogP) is 4.60. The van der Waals surface area contributed by atoms with Gasteiger partial charge in [0.1, 0.15) is 5.82 Å². The average molecular weight is 329 g/mol. The van der Waals surface area contributed by atoms with Crippen molar-refractivity contribution < 1.29 is 4.39 Å². The van der Waals surface area contributed by atoms with Crippen LogP contribution in [0.2, 0.25) is 5.02 Å². The van der Waals surface area contributed by atoms with Crippen molar-refractivity contribution in [3.8, 4) is 0 Å². The molecule has 1 unspecified atom stereocenters. The summed E-state index contributed by atoms with van der Waals surface area (Å²) in [5, 5.41) is 0.607. The molecule has 0 aliphatic heterocycles. The van der Waals surface area contributed by atoms with Crippen molar-refractivity contribution in [1.29, 1.82) is 0 Å². The molecule has 0 aliphatic rings. The highest BCUT2D eigenvalue weighted by Crippen LogP contribution is 2.28. The van der Waals surface area contributed by atoms with Crippen molar-refractivity contribution in [2.24, 2.45) is 5.73 Å². The topological polar surface area (TPSA) is 26.0 Å². The quantitative estimate of drug-likeness (QED) is 0.856. The van der Waals surface area contributed by atoms with Crippen molar-refractivity contribution in [3.63, 3.8) is 0 Å². The van der Waals surface area contributed by atoms with Crippen LogP contribution in [0, 0.1) is 12.7 Å². The number of nitrogens with two attached hydrogens (primary N) is 1. The number of rotatable bonds is 2. The van der Waals surface area contributed by atoms with Crippen LogP contribution in [-0.2, 0) is 0 Å². The molecule has 4 heteroatoms. The van der Waals surface area contributed by atoms with Crippen molar-refractivity contribution in [2.45, 2.75) is 13.0 Å². The first-order valence-corrected chi connectivity index (χ1v) is 6.62. The molecular weight excluding hydrogens is 317 g/mol. The maximum atomic E-state index is 14.0. The Bertz CT molecular complexity index is 566. The maximum absolute atomic E-state index is 14.0. The Morgan fingerprint density at radius 3 is 2.67 bits per heavy atom. The van der Waals surface area contributed by atoms with Gasteiger partial charge in [-0.15, -0.1) is 0 Å². The molecule has 0 fully saturated rings. The number of hydrogen-bond donors (Lipinski definition) is 1. The summed E-state index contributed by atoms with van der Waals surface area (Å²) in [4.78, 5) is 0. The molecule has 94 valence electrons. The molecule has 2 aromatic carbocycles. The highest BCUT2D eigenvalue weighted by molar-refractivity contribution is 9.10. The normalized spacial score (nSPS) is 12.5. The zero-order chi connectivity index (χ0) is 13.3. The van der Waals surface area contributed by atoms with E-state index in [-0.39, 0.29) is 5.82 Å². The van der Waals surface area contributed by atoms with E-state index in [1.807, 2.05) is 19.1 Å². The molecule has 0 radical (unpaired) electrons. The fourth-order valence-corrected chi connectivity index (χ4v) is 2.56. The van der Waals surface area contributed by atoms with Crippen LogP contribution in [0.4, 0.5) is 4.39 Å². The lowest BCUT2D eigenvalue weighted by Gasteiger charge is -2.15. The molecule has 1 atom stereocenters. The Morgan fingerprint density at radius 1 is 1.28 bits per heavy atom. The summed E-state index contributed by atoms with van der Waals surface area (Å²) in [5.41, 5.74) is 8.36. The highest BCUT2D eigenvalue weighted by atomic mass is 79.9. The van der Waals surface area contributed by atoms with Gasteiger partial charge in [-0.25, -0.2) is 4.39 Å². The van der Waals surface area contributed by atoms with E-state index in [1.165, 1.54) is 0 Å². The fourth-order valence-electron chi connectivity index (χ4n) is 1.88. The van der Waals surface area contributed by atoms with E-state index in [9.17, 15) is 4.39 Å². The van der Waals surface area contributed by atoms with Gasteiger partial charge in [0.15, 0.2) is 0 Å². The first kappa shape index (κ1) is 13.5. The number of aryl methyl sites for hydroxylation is 1. The van der Waals surface area contributed by atoms with Gasteiger partial charge in [-0.1, -0.05) is 29.8 Å². The summed E-state index contributed by atoms with van der Waals surface area (Å²) in [6, 6.07) is 10.1. The zero-order valence-corrected chi connectivity index (χ0v) is 12.1. The van der Waals surface area contributed by atoms with Gasteiger partial charge in [0.2, 0.25) is 0 Å². The van der Waals surface area contributed by atoms with Crippen LogP contribution in [0.15, 0.2) is 40.9 Å². The third kappa shape index (κ3) is 2.74. The summed E-state index contributed by atoms with van der Waals surface area (Å²) in [6.45, 7) is 1.93. The van der Waals surface area contributed by atoms with Crippen molar-refractivity contribution >= 4 is 27.5 Å². The van der Waals surface area contributed by atoms with Gasteiger partial charge in [0.25, 0.3) is 0 Å². The molecule has 0 aliphatic carbocycles. The van der Waals surface area contributed by atoms with E-state index in [0.717, 1.165) is 11.1 Å². The molecule has 0 saturated heterocycles. The van der Waals surface area contributed by atoms with E-state index in [0.29, 0.717) is 15.1 Å². The van der Waals surface area contributed by atoms with Gasteiger partial charge in [-0.05, 0) is 52.2 Å². The van der Waals surface area contributed by atoms with Gasteiger partial charge >= 0.3 is 0 Å². The van der Waals surface area contributed by atoms with Crippen LogP contribution in [0.25, 0.3) is 0 Å². The lowest BCUT2D eigenvalue weighted by atomic mass is 9.98. The summed E-state index contributed by atoms with van der Waals surface area (Å²) < 4.78 is 14.4. The molecule has 2 rings (SSSR count). The first-order valence-electron chi connectivity index (χ1n) is 5.45. The molecule has 0 spiro atoms. The minimum atomic E-state index is -0.528. The summed E-state index contributed by atoms with van der Waals surface area (Å²) >= 11 is 9.15. The molecule has 1 nitrogen and oxygen atoms in total. The Hall–Kier alpha value is -0.900. The number of hydrogen-bond acceptors (Lipinski definition) is 1. The number of benzene rings is 2. The largest absolute Gasteiger partial charge is 0.320 e. The molecular formula is C14H12BrClFN. The van der Waals surface area contributed by atoms with Crippen molar-refractivity contribution in [1.82, 2.24) is 0 Å². The van der Waals surface area contributed by atoms with Gasteiger partial charge in [0.05, 0.1) is 10.5 Å². The Labute approximate surface area is 119 Å². The van der Waals surface area contributed by atoms with Crippen LogP contribution in [0.5, 0.6) is 0 Å². The molecule has 0 heterocycles. The van der Waals surface area contributed by atoms with E-state index >= 15 is 0 Å². The van der Waals surface area contributed by atoms with Gasteiger partial charge < -0.3 is 5.73 Å². The second kappa shape index (κ2) is 5.39. The van der Waals surface area contributed by atoms with E-state index in [1.54, 1.807) is 24.3 Å². The highest BCUT2D eigenvalue weighted by Gasteiger charge is 2.16. The van der Waals surface area contributed by atoms with Crippen molar-refractivity contribution in [2.75, 3.05) is 0 Å². The summed E-state index contributed by atoms with van der Waals surface area (Å²) in [7, 11) is 0. The van der Waals surface area contributed by atoms with Gasteiger partial charge in [-0.3, -0.25) is 0 Å². The molecule has 0 amide bonds. The van der Waals surface area contributed by atoms with Crippen LogP contribution in [-0.4, -0.2) is 0 Å². The molecule has 0 saturated carbocycles. The smallest absolute Gasteiger partial charge is 0.142 e. The van der Waals surface area contributed by atoms with E-state index in [2.05, 4.69) is 15.9 Å². The lowest BCUT2D eigenvalue weighted by Crippen LogP contribution is -2.14. The van der Waals surface area contributed by atoms with E-state index in [4.69, 9.17) is 17.3 Å². The Morgan fingerprint density at radius 2 is 2.00 bits per heavy atom. The minimum absolute atomic E-state index is 0.331. The SMILES string of the molecule is Cc1cc(Cl)cc(C(N)c2cccc(Br)c2F)c1. The molecule has 0 bridgehead atoms. The molecule has 18 heavy (non-hydrogen) atoms. The van der Waals surface area contributed by atoms with Crippen LogP contribution >= 0.6 is 27.5 Å². The van der Waals surface area contributed by atoms with Gasteiger partial charge in [0, 0.05) is 10.6 Å². The standard InChI is InChI=1S/C14H12BrClFN/c1-8-5-9(7-10(16)6-8)14(18)11-3-2-4-12(15)13(11)17/h2-7,14H,18H2,1H3. The van der Waals surface area contributed by atoms with E-state index < -0.39 is 6.04 Å². The third-order valence-electron chi connectivity index (χ3n) is 2.74. The first-order chi connectivity index (χ1) is 8.49. The fraction of sp³-hybridized carbons (Fsp3) is 0.143. The number of halogens is 3. The van der Waals surface area contributed by atoms with Crippen LogP contribution in [0.3, 0.4) is 0 Å². The summed E-state index contributed by atoms with van der Waals surface area (Å²) in [5.74, 6) is -0.331. The predicted molar refractivity (Wildman–Crippen MR) is 76.3 cm³/mol. The van der Waals surface area contributed by atoms with Gasteiger partial charge in [-0.2, -0.15) is 0 Å². The summed E-state index contributed by atoms with van der Waals surface area (Å²) in [6.07, 6.45) is 0. The second-order valence-corrected chi connectivity index (χ2v) is 5.47. The third-order valence-corrected chi connectivity index (χ3v) is 3.57. The lowest BCUT2D eigenvalue weighted by molar-refractivity contribution is 0.593. The minimum Gasteiger partial charge on any atom is -0.320 e. The molecule has 2 aromatic rings.